The average molecular weight is 277 g/mol. The molecule has 3 unspecified atom stereocenters. The van der Waals surface area contributed by atoms with Gasteiger partial charge in [-0.1, -0.05) is 13.8 Å². The van der Waals surface area contributed by atoms with E-state index in [1.165, 1.54) is 18.7 Å². The van der Waals surface area contributed by atoms with Crippen LogP contribution in [0.2, 0.25) is 0 Å². The van der Waals surface area contributed by atoms with E-state index >= 15 is 0 Å². The second-order valence-electron chi connectivity index (χ2n) is 6.92. The van der Waals surface area contributed by atoms with Gasteiger partial charge < -0.3 is 9.67 Å². The van der Waals surface area contributed by atoms with Crippen molar-refractivity contribution >= 4 is 0 Å². The SMILES string of the molecule is CC(C)C1CCC(O)C(CN2CCn3ccnc3C2)C1. The maximum Gasteiger partial charge on any atom is 0.122 e. The Hall–Kier alpha value is -0.870. The Morgan fingerprint density at radius 1 is 1.35 bits per heavy atom. The fourth-order valence-corrected chi connectivity index (χ4v) is 3.80. The van der Waals surface area contributed by atoms with Crippen LogP contribution in [0.25, 0.3) is 0 Å². The van der Waals surface area contributed by atoms with E-state index in [4.69, 9.17) is 0 Å². The van der Waals surface area contributed by atoms with E-state index in [9.17, 15) is 5.11 Å². The first kappa shape index (κ1) is 14.1. The Morgan fingerprint density at radius 3 is 3.00 bits per heavy atom. The van der Waals surface area contributed by atoms with Gasteiger partial charge in [0.2, 0.25) is 0 Å². The summed E-state index contributed by atoms with van der Waals surface area (Å²) in [4.78, 5) is 6.89. The molecule has 112 valence electrons. The number of nitrogens with zero attached hydrogens (tertiary/aromatic N) is 3. The predicted octanol–water partition coefficient (Wildman–Crippen LogP) is 2.13. The largest absolute Gasteiger partial charge is 0.393 e. The highest BCUT2D eigenvalue weighted by Gasteiger charge is 2.32. The predicted molar refractivity (Wildman–Crippen MR) is 79.2 cm³/mol. The summed E-state index contributed by atoms with van der Waals surface area (Å²) in [6.07, 6.45) is 7.21. The van der Waals surface area contributed by atoms with Crippen LogP contribution in [0.1, 0.15) is 38.9 Å². The molecule has 4 nitrogen and oxygen atoms in total. The van der Waals surface area contributed by atoms with Crippen molar-refractivity contribution in [3.63, 3.8) is 0 Å². The van der Waals surface area contributed by atoms with Crippen molar-refractivity contribution < 1.29 is 5.11 Å². The number of aliphatic hydroxyl groups is 1. The lowest BCUT2D eigenvalue weighted by molar-refractivity contribution is 0.0138. The van der Waals surface area contributed by atoms with Crippen molar-refractivity contribution in [3.8, 4) is 0 Å². The van der Waals surface area contributed by atoms with Crippen LogP contribution < -0.4 is 0 Å². The number of fused-ring (bicyclic) bond motifs is 1. The molecule has 4 heteroatoms. The topological polar surface area (TPSA) is 41.3 Å². The maximum atomic E-state index is 10.3. The Kier molecular flexibility index (Phi) is 4.13. The third-order valence-corrected chi connectivity index (χ3v) is 5.24. The summed E-state index contributed by atoms with van der Waals surface area (Å²) in [5.74, 6) is 3.14. The van der Waals surface area contributed by atoms with E-state index in [1.807, 2.05) is 6.20 Å². The highest BCUT2D eigenvalue weighted by atomic mass is 16.3. The van der Waals surface area contributed by atoms with Crippen molar-refractivity contribution in [1.29, 1.82) is 0 Å². The molecule has 2 aliphatic rings. The summed E-state index contributed by atoms with van der Waals surface area (Å²) in [7, 11) is 0. The Bertz CT molecular complexity index is 443. The van der Waals surface area contributed by atoms with Gasteiger partial charge in [0.15, 0.2) is 0 Å². The van der Waals surface area contributed by atoms with Gasteiger partial charge in [0.25, 0.3) is 0 Å². The first-order chi connectivity index (χ1) is 9.63. The van der Waals surface area contributed by atoms with E-state index in [-0.39, 0.29) is 6.10 Å². The molecule has 20 heavy (non-hydrogen) atoms. The van der Waals surface area contributed by atoms with Crippen LogP contribution >= 0.6 is 0 Å². The first-order valence-corrected chi connectivity index (χ1v) is 8.04. The number of aliphatic hydroxyl groups excluding tert-OH is 1. The Labute approximate surface area is 121 Å². The summed E-state index contributed by atoms with van der Waals surface area (Å²) in [5, 5.41) is 10.3. The van der Waals surface area contributed by atoms with Gasteiger partial charge in [0.05, 0.1) is 12.6 Å². The van der Waals surface area contributed by atoms with Gasteiger partial charge in [-0.25, -0.2) is 4.98 Å². The monoisotopic (exact) mass is 277 g/mol. The van der Waals surface area contributed by atoms with Gasteiger partial charge in [-0.05, 0) is 37.0 Å². The molecule has 0 spiro atoms. The number of hydrogen-bond acceptors (Lipinski definition) is 3. The molecule has 2 heterocycles. The van der Waals surface area contributed by atoms with Crippen LogP contribution in [0.3, 0.4) is 0 Å². The number of rotatable bonds is 3. The fourth-order valence-electron chi connectivity index (χ4n) is 3.80. The van der Waals surface area contributed by atoms with Gasteiger partial charge in [-0.15, -0.1) is 0 Å². The molecule has 0 bridgehead atoms. The average Bonchev–Trinajstić information content (AvgIpc) is 2.88. The summed E-state index contributed by atoms with van der Waals surface area (Å²) >= 11 is 0. The number of hydrogen-bond donors (Lipinski definition) is 1. The third-order valence-electron chi connectivity index (χ3n) is 5.24. The summed E-state index contributed by atoms with van der Waals surface area (Å²) < 4.78 is 2.24. The van der Waals surface area contributed by atoms with E-state index in [0.717, 1.165) is 44.4 Å². The molecular weight excluding hydrogens is 250 g/mol. The first-order valence-electron chi connectivity index (χ1n) is 8.04. The van der Waals surface area contributed by atoms with E-state index in [1.54, 1.807) is 0 Å². The zero-order valence-corrected chi connectivity index (χ0v) is 12.7. The van der Waals surface area contributed by atoms with Gasteiger partial charge >= 0.3 is 0 Å². The second kappa shape index (κ2) is 5.86. The van der Waals surface area contributed by atoms with Crippen LogP contribution in [-0.4, -0.2) is 38.8 Å². The van der Waals surface area contributed by atoms with Gasteiger partial charge in [0.1, 0.15) is 5.82 Å². The molecule has 1 aromatic rings. The quantitative estimate of drug-likeness (QED) is 0.920. The number of imidazole rings is 1. The van der Waals surface area contributed by atoms with Crippen molar-refractivity contribution in [2.75, 3.05) is 13.1 Å². The summed E-state index contributed by atoms with van der Waals surface area (Å²) in [5.41, 5.74) is 0. The summed E-state index contributed by atoms with van der Waals surface area (Å²) in [6.45, 7) is 8.71. The van der Waals surface area contributed by atoms with Gasteiger partial charge in [-0.2, -0.15) is 0 Å². The molecule has 1 N–H and O–H groups in total. The van der Waals surface area contributed by atoms with E-state index in [2.05, 4.69) is 34.5 Å². The smallest absolute Gasteiger partial charge is 0.122 e. The Balaban J connectivity index is 1.59. The van der Waals surface area contributed by atoms with Crippen LogP contribution in [0, 0.1) is 17.8 Å². The highest BCUT2D eigenvalue weighted by molar-refractivity contribution is 4.96. The standard InChI is InChI=1S/C16H27N3O/c1-12(2)13-3-4-15(20)14(9-13)10-18-7-8-19-6-5-17-16(19)11-18/h5-6,12-15,20H,3-4,7-11H2,1-2H3. The lowest BCUT2D eigenvalue weighted by atomic mass is 9.74. The number of aromatic nitrogens is 2. The van der Waals surface area contributed by atoms with Gasteiger partial charge in [0, 0.05) is 32.0 Å². The molecule has 0 aromatic carbocycles. The van der Waals surface area contributed by atoms with E-state index < -0.39 is 0 Å². The minimum atomic E-state index is -0.105. The zero-order valence-electron chi connectivity index (χ0n) is 12.7. The van der Waals surface area contributed by atoms with Crippen molar-refractivity contribution in [2.24, 2.45) is 17.8 Å². The third kappa shape index (κ3) is 2.91. The molecule has 0 saturated heterocycles. The van der Waals surface area contributed by atoms with Crippen molar-refractivity contribution in [1.82, 2.24) is 14.5 Å². The molecule has 1 fully saturated rings. The Morgan fingerprint density at radius 2 is 2.20 bits per heavy atom. The molecule has 1 saturated carbocycles. The second-order valence-corrected chi connectivity index (χ2v) is 6.92. The normalized spacial score (nSPS) is 31.5. The lowest BCUT2D eigenvalue weighted by Gasteiger charge is -2.39. The molecule has 0 amide bonds. The molecule has 1 aliphatic carbocycles. The van der Waals surface area contributed by atoms with Crippen molar-refractivity contribution in [3.05, 3.63) is 18.2 Å². The van der Waals surface area contributed by atoms with Crippen LogP contribution in [0.5, 0.6) is 0 Å². The van der Waals surface area contributed by atoms with Gasteiger partial charge in [-0.3, -0.25) is 4.90 Å². The van der Waals surface area contributed by atoms with Crippen LogP contribution in [0.15, 0.2) is 12.4 Å². The molecule has 1 aliphatic heterocycles. The summed E-state index contributed by atoms with van der Waals surface area (Å²) in [6, 6.07) is 0. The minimum absolute atomic E-state index is 0.105. The van der Waals surface area contributed by atoms with E-state index in [0.29, 0.717) is 5.92 Å². The molecule has 3 atom stereocenters. The zero-order chi connectivity index (χ0) is 14.1. The molecule has 0 radical (unpaired) electrons. The lowest BCUT2D eigenvalue weighted by Crippen LogP contribution is -2.42. The van der Waals surface area contributed by atoms with Crippen LogP contribution in [0.4, 0.5) is 0 Å². The minimum Gasteiger partial charge on any atom is -0.393 e. The molecule has 1 aromatic heterocycles. The van der Waals surface area contributed by atoms with Crippen LogP contribution in [-0.2, 0) is 13.1 Å². The molecular formula is C16H27N3O. The maximum absolute atomic E-state index is 10.3. The van der Waals surface area contributed by atoms with Crippen molar-refractivity contribution in [2.45, 2.75) is 52.3 Å². The highest BCUT2D eigenvalue weighted by Crippen LogP contribution is 2.34. The fraction of sp³-hybridized carbons (Fsp3) is 0.812. The molecule has 3 rings (SSSR count).